The fourth-order valence-corrected chi connectivity index (χ4v) is 0.887. The zero-order valence-corrected chi connectivity index (χ0v) is 4.95. The minimum atomic E-state index is 0.347. The lowest BCUT2D eigenvalue weighted by atomic mass is 10.3. The maximum atomic E-state index is 5.43. The van der Waals surface area contributed by atoms with E-state index in [1.54, 1.807) is 11.3 Å². The Hall–Kier alpha value is -0.800. The summed E-state index contributed by atoms with van der Waals surface area (Å²) in [6, 6.07) is 4.17. The van der Waals surface area contributed by atoms with E-state index in [0.717, 1.165) is 12.3 Å². The molecule has 0 bridgehead atoms. The first-order valence-electron chi connectivity index (χ1n) is 2.92. The summed E-state index contributed by atoms with van der Waals surface area (Å²) in [5.41, 5.74) is 0. The first kappa shape index (κ1) is 5.02. The lowest BCUT2D eigenvalue weighted by molar-refractivity contribution is 0.454. The van der Waals surface area contributed by atoms with Crippen LogP contribution in [0.1, 0.15) is 11.8 Å². The maximum absolute atomic E-state index is 5.43. The van der Waals surface area contributed by atoms with Crippen LogP contribution < -0.4 is 5.84 Å². The smallest absolute Gasteiger partial charge is 0.123 e. The van der Waals surface area contributed by atoms with E-state index in [9.17, 15) is 0 Å². The summed E-state index contributed by atoms with van der Waals surface area (Å²) in [6.45, 7) is 0.924. The first-order valence-corrected chi connectivity index (χ1v) is 2.92. The third-order valence-corrected chi connectivity index (χ3v) is 1.52. The predicted molar refractivity (Wildman–Crippen MR) is 32.3 cm³/mol. The van der Waals surface area contributed by atoms with Gasteiger partial charge in [-0.25, -0.2) is 5.01 Å². The van der Waals surface area contributed by atoms with Gasteiger partial charge in [-0.05, 0) is 12.1 Å². The van der Waals surface area contributed by atoms with Crippen molar-refractivity contribution in [3.8, 4) is 0 Å². The number of furan rings is 1. The van der Waals surface area contributed by atoms with Gasteiger partial charge in [-0.3, -0.25) is 5.84 Å². The van der Waals surface area contributed by atoms with Crippen LogP contribution in [0.15, 0.2) is 22.8 Å². The number of hydrogen-bond donors (Lipinski definition) is 1. The molecule has 1 fully saturated rings. The molecule has 9 heavy (non-hydrogen) atoms. The average molecular weight is 124 g/mol. The highest BCUT2D eigenvalue weighted by Gasteiger charge is 2.34. The zero-order chi connectivity index (χ0) is 6.27. The Balaban J connectivity index is 2.18. The topological polar surface area (TPSA) is 42.2 Å². The highest BCUT2D eigenvalue weighted by Crippen LogP contribution is 2.30. The molecule has 0 aromatic carbocycles. The molecule has 1 aromatic heterocycles. The number of rotatable bonds is 1. The molecule has 48 valence electrons. The summed E-state index contributed by atoms with van der Waals surface area (Å²) in [6.07, 6.45) is 1.67. The quantitative estimate of drug-likeness (QED) is 0.438. The number of nitrogens with two attached hydrogens (primary N) is 1. The van der Waals surface area contributed by atoms with E-state index < -0.39 is 0 Å². The molecule has 0 amide bonds. The summed E-state index contributed by atoms with van der Waals surface area (Å²) in [5.74, 6) is 6.40. The van der Waals surface area contributed by atoms with Crippen LogP contribution in [0, 0.1) is 0 Å². The van der Waals surface area contributed by atoms with Crippen LogP contribution in [-0.4, -0.2) is 11.6 Å². The van der Waals surface area contributed by atoms with Gasteiger partial charge in [-0.1, -0.05) is 0 Å². The van der Waals surface area contributed by atoms with Crippen LogP contribution in [0.25, 0.3) is 0 Å². The maximum Gasteiger partial charge on any atom is 0.123 e. The van der Waals surface area contributed by atoms with E-state index in [0.29, 0.717) is 6.04 Å². The second kappa shape index (κ2) is 1.59. The van der Waals surface area contributed by atoms with Gasteiger partial charge in [-0.2, -0.15) is 0 Å². The van der Waals surface area contributed by atoms with Crippen LogP contribution in [0.5, 0.6) is 0 Å². The van der Waals surface area contributed by atoms with E-state index in [4.69, 9.17) is 10.3 Å². The molecule has 2 N–H and O–H groups in total. The fourth-order valence-electron chi connectivity index (χ4n) is 0.887. The summed E-state index contributed by atoms with van der Waals surface area (Å²) in [7, 11) is 0. The predicted octanol–water partition coefficient (Wildman–Crippen LogP) is 0.510. The molecule has 2 heterocycles. The molecular weight excluding hydrogens is 116 g/mol. The van der Waals surface area contributed by atoms with Crippen LogP contribution in [0.2, 0.25) is 0 Å². The Labute approximate surface area is 53.0 Å². The first-order chi connectivity index (χ1) is 4.38. The van der Waals surface area contributed by atoms with Gasteiger partial charge in [-0.15, -0.1) is 0 Å². The van der Waals surface area contributed by atoms with E-state index in [2.05, 4.69) is 0 Å². The van der Waals surface area contributed by atoms with Crippen LogP contribution >= 0.6 is 0 Å². The second-order valence-corrected chi connectivity index (χ2v) is 2.23. The minimum absolute atomic E-state index is 0.347. The Morgan fingerprint density at radius 1 is 1.78 bits per heavy atom. The van der Waals surface area contributed by atoms with Crippen molar-refractivity contribution in [2.45, 2.75) is 6.04 Å². The highest BCUT2D eigenvalue weighted by atomic mass is 16.3. The molecular formula is C6H8N2O. The Morgan fingerprint density at radius 2 is 2.56 bits per heavy atom. The summed E-state index contributed by atoms with van der Waals surface area (Å²) in [5, 5.41) is 1.73. The van der Waals surface area contributed by atoms with Gasteiger partial charge in [0.05, 0.1) is 12.3 Å². The van der Waals surface area contributed by atoms with Crippen molar-refractivity contribution in [1.82, 2.24) is 5.01 Å². The van der Waals surface area contributed by atoms with Gasteiger partial charge >= 0.3 is 0 Å². The van der Waals surface area contributed by atoms with E-state index in [1.807, 2.05) is 12.1 Å². The molecule has 3 nitrogen and oxygen atoms in total. The van der Waals surface area contributed by atoms with Crippen molar-refractivity contribution in [3.63, 3.8) is 0 Å². The molecule has 3 heteroatoms. The number of hydrogen-bond acceptors (Lipinski definition) is 3. The molecule has 1 saturated heterocycles. The van der Waals surface area contributed by atoms with Gasteiger partial charge in [0.25, 0.3) is 0 Å². The minimum Gasteiger partial charge on any atom is -0.468 e. The molecule has 0 saturated carbocycles. The van der Waals surface area contributed by atoms with Gasteiger partial charge in [0.1, 0.15) is 5.76 Å². The SMILES string of the molecule is NN1CC1c1ccco1. The number of nitrogens with zero attached hydrogens (tertiary/aromatic N) is 1. The van der Waals surface area contributed by atoms with Crippen molar-refractivity contribution < 1.29 is 4.42 Å². The van der Waals surface area contributed by atoms with E-state index >= 15 is 0 Å². The third-order valence-electron chi connectivity index (χ3n) is 1.52. The van der Waals surface area contributed by atoms with Crippen molar-refractivity contribution >= 4 is 0 Å². The molecule has 1 aliphatic rings. The van der Waals surface area contributed by atoms with Gasteiger partial charge in [0.15, 0.2) is 0 Å². The lowest BCUT2D eigenvalue weighted by Crippen LogP contribution is -2.05. The van der Waals surface area contributed by atoms with Gasteiger partial charge in [0.2, 0.25) is 0 Å². The summed E-state index contributed by atoms with van der Waals surface area (Å²) < 4.78 is 5.11. The molecule has 0 radical (unpaired) electrons. The molecule has 0 spiro atoms. The van der Waals surface area contributed by atoms with Crippen LogP contribution in [0.3, 0.4) is 0 Å². The summed E-state index contributed by atoms with van der Waals surface area (Å²) in [4.78, 5) is 0. The van der Waals surface area contributed by atoms with Crippen molar-refractivity contribution in [1.29, 1.82) is 0 Å². The Bertz CT molecular complexity index is 195. The standard InChI is InChI=1S/C6H8N2O/c7-8-4-5(8)6-2-1-3-9-6/h1-3,5H,4,7H2. The van der Waals surface area contributed by atoms with E-state index in [-0.39, 0.29) is 0 Å². The largest absolute Gasteiger partial charge is 0.468 e. The molecule has 1 aliphatic heterocycles. The summed E-state index contributed by atoms with van der Waals surface area (Å²) >= 11 is 0. The van der Waals surface area contributed by atoms with Crippen molar-refractivity contribution in [2.75, 3.05) is 6.54 Å². The van der Waals surface area contributed by atoms with Crippen molar-refractivity contribution in [2.24, 2.45) is 5.84 Å². The zero-order valence-electron chi connectivity index (χ0n) is 4.95. The molecule has 2 rings (SSSR count). The van der Waals surface area contributed by atoms with Gasteiger partial charge < -0.3 is 4.42 Å². The van der Waals surface area contributed by atoms with Gasteiger partial charge in [0, 0.05) is 6.54 Å². The van der Waals surface area contributed by atoms with Crippen LogP contribution in [-0.2, 0) is 0 Å². The van der Waals surface area contributed by atoms with Crippen molar-refractivity contribution in [3.05, 3.63) is 24.2 Å². The average Bonchev–Trinajstić information content (AvgIpc) is 2.44. The fraction of sp³-hybridized carbons (Fsp3) is 0.333. The molecule has 2 unspecified atom stereocenters. The third kappa shape index (κ3) is 0.742. The van der Waals surface area contributed by atoms with Crippen LogP contribution in [0.4, 0.5) is 0 Å². The number of hydrazine groups is 1. The highest BCUT2D eigenvalue weighted by molar-refractivity contribution is 5.10. The Morgan fingerprint density at radius 3 is 3.00 bits per heavy atom. The lowest BCUT2D eigenvalue weighted by Gasteiger charge is -1.88. The monoisotopic (exact) mass is 124 g/mol. The second-order valence-electron chi connectivity index (χ2n) is 2.23. The molecule has 1 aromatic rings. The van der Waals surface area contributed by atoms with E-state index in [1.165, 1.54) is 0 Å². The molecule has 2 atom stereocenters. The normalized spacial score (nSPS) is 32.6. The Kier molecular flexibility index (Phi) is 0.886. The molecule has 0 aliphatic carbocycles.